The molecular formula is C36H47N3O7S2. The van der Waals surface area contributed by atoms with Gasteiger partial charge in [-0.05, 0) is 42.9 Å². The van der Waals surface area contributed by atoms with Crippen LogP contribution < -0.4 is 20.3 Å². The summed E-state index contributed by atoms with van der Waals surface area (Å²) in [6.45, 7) is 3.90. The average molecular weight is 698 g/mol. The van der Waals surface area contributed by atoms with Crippen molar-refractivity contribution in [3.63, 3.8) is 0 Å². The van der Waals surface area contributed by atoms with E-state index in [0.717, 1.165) is 44.2 Å². The molecule has 0 spiro atoms. The van der Waals surface area contributed by atoms with Crippen molar-refractivity contribution < 1.29 is 33.3 Å². The van der Waals surface area contributed by atoms with Crippen LogP contribution in [-0.4, -0.2) is 63.7 Å². The van der Waals surface area contributed by atoms with E-state index in [2.05, 4.69) is 29.4 Å². The van der Waals surface area contributed by atoms with Gasteiger partial charge in [0.25, 0.3) is 5.91 Å². The van der Waals surface area contributed by atoms with Crippen molar-refractivity contribution >= 4 is 51.5 Å². The second kappa shape index (κ2) is 17.1. The van der Waals surface area contributed by atoms with Crippen LogP contribution in [-0.2, 0) is 14.4 Å². The molecule has 48 heavy (non-hydrogen) atoms. The fraction of sp³-hybridized carbons (Fsp3) is 0.417. The lowest BCUT2D eigenvalue weighted by Gasteiger charge is -2.42. The van der Waals surface area contributed by atoms with Crippen molar-refractivity contribution in [3.05, 3.63) is 78.4 Å². The fourth-order valence-electron chi connectivity index (χ4n) is 6.17. The number of carbonyl (C=O) groups is 3. The number of rotatable bonds is 16. The van der Waals surface area contributed by atoms with Gasteiger partial charge in [-0.2, -0.15) is 10.6 Å². The summed E-state index contributed by atoms with van der Waals surface area (Å²) in [5, 5.41) is 14.0. The van der Waals surface area contributed by atoms with Crippen molar-refractivity contribution in [2.45, 2.75) is 68.2 Å². The van der Waals surface area contributed by atoms with E-state index in [1.807, 2.05) is 42.7 Å². The highest BCUT2D eigenvalue weighted by molar-refractivity contribution is 8.24. The molecule has 1 atom stereocenters. The van der Waals surface area contributed by atoms with Crippen LogP contribution in [0, 0.1) is 5.41 Å². The molecule has 0 saturated heterocycles. The maximum absolute atomic E-state index is 13.2. The van der Waals surface area contributed by atoms with E-state index in [4.69, 9.17) is 9.84 Å². The van der Waals surface area contributed by atoms with Crippen molar-refractivity contribution in [2.24, 2.45) is 5.41 Å². The van der Waals surface area contributed by atoms with E-state index in [9.17, 15) is 23.5 Å². The molecule has 0 saturated carbocycles. The Labute approximate surface area is 289 Å². The first kappa shape index (κ1) is 37.1. The zero-order valence-electron chi connectivity index (χ0n) is 27.8. The highest BCUT2D eigenvalue weighted by Crippen LogP contribution is 2.62. The zero-order chi connectivity index (χ0) is 34.7. The Hall–Kier alpha value is -3.71. The number of hydrogen-bond acceptors (Lipinski definition) is 8. The van der Waals surface area contributed by atoms with Gasteiger partial charge in [0.05, 0.1) is 15.5 Å². The van der Waals surface area contributed by atoms with Crippen LogP contribution in [0.3, 0.4) is 0 Å². The van der Waals surface area contributed by atoms with Gasteiger partial charge in [-0.25, -0.2) is 0 Å². The molecule has 3 aromatic carbocycles. The summed E-state index contributed by atoms with van der Waals surface area (Å²) in [7, 11) is -3.29. The molecular weight excluding hydrogens is 651 g/mol. The van der Waals surface area contributed by atoms with E-state index in [0.29, 0.717) is 33.3 Å². The van der Waals surface area contributed by atoms with Crippen LogP contribution in [0.1, 0.15) is 64.0 Å². The lowest BCUT2D eigenvalue weighted by molar-refractivity contribution is -0.138. The molecule has 0 unspecified atom stereocenters. The number of thioether (sulfide) groups is 1. The highest BCUT2D eigenvalue weighted by Gasteiger charge is 2.42. The quantitative estimate of drug-likeness (QED) is 0.0961. The molecule has 12 heteroatoms. The normalized spacial score (nSPS) is 16.1. The van der Waals surface area contributed by atoms with E-state index in [-0.39, 0.29) is 11.2 Å². The summed E-state index contributed by atoms with van der Waals surface area (Å²) in [5.74, 6) is -1.92. The minimum absolute atomic E-state index is 0.235. The van der Waals surface area contributed by atoms with E-state index in [1.54, 1.807) is 36.4 Å². The Kier molecular flexibility index (Phi) is 13.2. The molecule has 260 valence electrons. The van der Waals surface area contributed by atoms with Gasteiger partial charge in [0.15, 0.2) is 6.61 Å². The number of hydrogen-bond donors (Lipinski definition) is 5. The Morgan fingerprint density at radius 1 is 0.979 bits per heavy atom. The standard InChI is InChI=1S/C36H47N3O7S2/c1-4-6-18-36(19-7-5-2)24-39(27-16-12-9-13-17-27)28-20-30(47-3)29(21-31(28)48(44,45)25-36)46-23-32(40)38-34(26-14-10-8-11-15-26)35(43)37-22-33(41)42/h8-17,20-21,34,44-45H,4-7,18-19,22-25H2,1-3H3,(H,37,43)(H,38,40)(H,41,42)/t34-/m1/s1. The summed E-state index contributed by atoms with van der Waals surface area (Å²) in [6.07, 6.45) is 7.62. The number of benzene rings is 3. The number of para-hydroxylation sites is 1. The van der Waals surface area contributed by atoms with Crippen LogP contribution in [0.15, 0.2) is 82.6 Å². The molecule has 0 aromatic heterocycles. The number of fused-ring (bicyclic) bond motifs is 1. The Balaban J connectivity index is 1.67. The predicted octanol–water partition coefficient (Wildman–Crippen LogP) is 7.47. The molecule has 4 rings (SSSR count). The largest absolute Gasteiger partial charge is 0.483 e. The monoisotopic (exact) mass is 697 g/mol. The first-order valence-corrected chi connectivity index (χ1v) is 19.2. The van der Waals surface area contributed by atoms with E-state index >= 15 is 0 Å². The third-order valence-corrected chi connectivity index (χ3v) is 11.4. The summed E-state index contributed by atoms with van der Waals surface area (Å²) in [6, 6.07) is 20.9. The van der Waals surface area contributed by atoms with E-state index < -0.39 is 47.6 Å². The lowest BCUT2D eigenvalue weighted by Crippen LogP contribution is -2.43. The van der Waals surface area contributed by atoms with Crippen LogP contribution >= 0.6 is 22.4 Å². The number of carbonyl (C=O) groups excluding carboxylic acids is 2. The number of unbranched alkanes of at least 4 members (excludes halogenated alkanes) is 2. The van der Waals surface area contributed by atoms with Gasteiger partial charge in [-0.1, -0.05) is 88.1 Å². The fourth-order valence-corrected chi connectivity index (χ4v) is 8.91. The topological polar surface area (TPSA) is 148 Å². The number of amides is 2. The Morgan fingerprint density at radius 2 is 1.60 bits per heavy atom. The number of ether oxygens (including phenoxy) is 1. The smallest absolute Gasteiger partial charge is 0.322 e. The number of anilines is 2. The molecule has 1 heterocycles. The summed E-state index contributed by atoms with van der Waals surface area (Å²) in [4.78, 5) is 40.4. The van der Waals surface area contributed by atoms with Gasteiger partial charge in [0, 0.05) is 29.5 Å². The minimum atomic E-state index is -3.29. The number of aliphatic carboxylic acids is 1. The first-order chi connectivity index (χ1) is 23.0. The van der Waals surface area contributed by atoms with Crippen LogP contribution in [0.4, 0.5) is 11.4 Å². The van der Waals surface area contributed by atoms with Crippen molar-refractivity contribution in [2.75, 3.05) is 36.6 Å². The van der Waals surface area contributed by atoms with Gasteiger partial charge in [0.2, 0.25) is 5.91 Å². The molecule has 2 amide bonds. The molecule has 5 N–H and O–H groups in total. The Bertz CT molecular complexity index is 1530. The summed E-state index contributed by atoms with van der Waals surface area (Å²) in [5.41, 5.74) is 1.82. The van der Waals surface area contributed by atoms with Crippen LogP contribution in [0.5, 0.6) is 5.75 Å². The van der Waals surface area contributed by atoms with Gasteiger partial charge >= 0.3 is 5.97 Å². The first-order valence-electron chi connectivity index (χ1n) is 16.3. The number of carboxylic acid groups (broad SMARTS) is 1. The predicted molar refractivity (Wildman–Crippen MR) is 193 cm³/mol. The van der Waals surface area contributed by atoms with Gasteiger partial charge in [0.1, 0.15) is 18.3 Å². The minimum Gasteiger partial charge on any atom is -0.483 e. The van der Waals surface area contributed by atoms with E-state index in [1.165, 1.54) is 11.8 Å². The zero-order valence-corrected chi connectivity index (χ0v) is 29.4. The molecule has 10 nitrogen and oxygen atoms in total. The molecule has 1 aliphatic rings. The number of carboxylic acids is 1. The maximum Gasteiger partial charge on any atom is 0.322 e. The third kappa shape index (κ3) is 9.46. The molecule has 0 bridgehead atoms. The van der Waals surface area contributed by atoms with Gasteiger partial charge in [-0.3, -0.25) is 23.5 Å². The second-order valence-electron chi connectivity index (χ2n) is 12.2. The van der Waals surface area contributed by atoms with Crippen LogP contribution in [0.25, 0.3) is 0 Å². The van der Waals surface area contributed by atoms with Crippen molar-refractivity contribution in [1.29, 1.82) is 0 Å². The number of nitrogens with zero attached hydrogens (tertiary/aromatic N) is 1. The molecule has 1 aliphatic heterocycles. The highest BCUT2D eigenvalue weighted by atomic mass is 32.3. The maximum atomic E-state index is 13.2. The SMILES string of the molecule is CCCCC1(CCCC)CN(c2ccccc2)c2cc(SC)c(OCC(=O)N[C@@H](C(=O)NCC(=O)O)c3ccccc3)cc2S(O)(O)C1. The molecule has 0 radical (unpaired) electrons. The molecule has 0 aliphatic carbocycles. The van der Waals surface area contributed by atoms with Gasteiger partial charge < -0.3 is 25.4 Å². The third-order valence-electron chi connectivity index (χ3n) is 8.55. The lowest BCUT2D eigenvalue weighted by atomic mass is 9.79. The van der Waals surface area contributed by atoms with Gasteiger partial charge in [-0.15, -0.1) is 11.8 Å². The van der Waals surface area contributed by atoms with Crippen molar-refractivity contribution in [1.82, 2.24) is 10.6 Å². The Morgan fingerprint density at radius 3 is 2.19 bits per heavy atom. The number of nitrogens with one attached hydrogen (secondary N) is 2. The summed E-state index contributed by atoms with van der Waals surface area (Å²) >= 11 is 1.42. The molecule has 3 aromatic rings. The second-order valence-corrected chi connectivity index (χ2v) is 15.1. The summed E-state index contributed by atoms with van der Waals surface area (Å²) < 4.78 is 29.9. The average Bonchev–Trinajstić information content (AvgIpc) is 3.18. The van der Waals surface area contributed by atoms with Crippen molar-refractivity contribution in [3.8, 4) is 5.75 Å². The van der Waals surface area contributed by atoms with Crippen LogP contribution in [0.2, 0.25) is 0 Å². The molecule has 0 fully saturated rings.